The van der Waals surface area contributed by atoms with Gasteiger partial charge in [0.2, 0.25) is 0 Å². The van der Waals surface area contributed by atoms with Crippen LogP contribution < -0.4 is 10.9 Å². The first kappa shape index (κ1) is 19.0. The first-order valence-electron chi connectivity index (χ1n) is 8.35. The lowest BCUT2D eigenvalue weighted by Gasteiger charge is -2.11. The standard InChI is InChI=1S/C20H16FN3O4/c1-13-5-7-17(24(27)28)10-18(13)22-20(26)15-6-8-19(25)23(12-15)11-14-3-2-4-16(21)9-14/h2-10,12H,11H2,1H3,(H,22,26). The van der Waals surface area contributed by atoms with Gasteiger partial charge in [-0.15, -0.1) is 0 Å². The van der Waals surface area contributed by atoms with E-state index >= 15 is 0 Å². The van der Waals surface area contributed by atoms with Gasteiger partial charge in [0.25, 0.3) is 17.2 Å². The Morgan fingerprint density at radius 3 is 2.68 bits per heavy atom. The molecule has 0 radical (unpaired) electrons. The number of non-ortho nitro benzene ring substituents is 1. The van der Waals surface area contributed by atoms with Gasteiger partial charge in [0.1, 0.15) is 5.82 Å². The molecule has 0 bridgehead atoms. The normalized spacial score (nSPS) is 10.5. The van der Waals surface area contributed by atoms with Crippen LogP contribution in [0.3, 0.4) is 0 Å². The minimum atomic E-state index is -0.547. The molecule has 0 aliphatic heterocycles. The largest absolute Gasteiger partial charge is 0.321 e. The molecule has 7 nitrogen and oxygen atoms in total. The summed E-state index contributed by atoms with van der Waals surface area (Å²) in [5, 5.41) is 13.6. The molecular formula is C20H16FN3O4. The molecule has 1 aromatic heterocycles. The Morgan fingerprint density at radius 1 is 1.18 bits per heavy atom. The predicted molar refractivity (Wildman–Crippen MR) is 102 cm³/mol. The first-order valence-corrected chi connectivity index (χ1v) is 8.35. The number of nitrogens with one attached hydrogen (secondary N) is 1. The molecule has 1 N–H and O–H groups in total. The number of benzene rings is 2. The van der Waals surface area contributed by atoms with E-state index in [2.05, 4.69) is 5.32 Å². The second-order valence-corrected chi connectivity index (χ2v) is 6.22. The third-order valence-corrected chi connectivity index (χ3v) is 4.17. The van der Waals surface area contributed by atoms with Crippen LogP contribution in [-0.2, 0) is 6.54 Å². The lowest BCUT2D eigenvalue weighted by atomic mass is 10.1. The highest BCUT2D eigenvalue weighted by Crippen LogP contribution is 2.22. The van der Waals surface area contributed by atoms with Crippen LogP contribution in [0, 0.1) is 22.9 Å². The smallest absolute Gasteiger partial charge is 0.271 e. The molecule has 0 saturated heterocycles. The van der Waals surface area contributed by atoms with Crippen molar-refractivity contribution in [3.8, 4) is 0 Å². The van der Waals surface area contributed by atoms with Crippen LogP contribution in [0.1, 0.15) is 21.5 Å². The zero-order valence-corrected chi connectivity index (χ0v) is 14.9. The first-order chi connectivity index (χ1) is 13.3. The average Bonchev–Trinajstić information content (AvgIpc) is 2.65. The zero-order valence-electron chi connectivity index (χ0n) is 14.9. The summed E-state index contributed by atoms with van der Waals surface area (Å²) >= 11 is 0. The van der Waals surface area contributed by atoms with E-state index in [1.54, 1.807) is 19.1 Å². The van der Waals surface area contributed by atoms with Gasteiger partial charge >= 0.3 is 0 Å². The fourth-order valence-electron chi connectivity index (χ4n) is 2.67. The topological polar surface area (TPSA) is 94.2 Å². The van der Waals surface area contributed by atoms with Gasteiger partial charge in [-0.05, 0) is 36.2 Å². The van der Waals surface area contributed by atoms with Crippen molar-refractivity contribution in [1.29, 1.82) is 0 Å². The SMILES string of the molecule is Cc1ccc([N+](=O)[O-])cc1NC(=O)c1ccc(=O)n(Cc2cccc(F)c2)c1. The van der Waals surface area contributed by atoms with Crippen molar-refractivity contribution in [2.45, 2.75) is 13.5 Å². The van der Waals surface area contributed by atoms with Crippen LogP contribution in [0.2, 0.25) is 0 Å². The number of anilines is 1. The summed E-state index contributed by atoms with van der Waals surface area (Å²) in [5.41, 5.74) is 1.26. The number of aryl methyl sites for hydroxylation is 1. The van der Waals surface area contributed by atoms with Crippen LogP contribution in [0.4, 0.5) is 15.8 Å². The molecular weight excluding hydrogens is 365 g/mol. The number of pyridine rings is 1. The number of hydrogen-bond donors (Lipinski definition) is 1. The van der Waals surface area contributed by atoms with Gasteiger partial charge in [-0.25, -0.2) is 4.39 Å². The Bertz CT molecular complexity index is 1120. The summed E-state index contributed by atoms with van der Waals surface area (Å²) in [6.45, 7) is 1.82. The number of rotatable bonds is 5. The molecule has 1 amide bonds. The quantitative estimate of drug-likeness (QED) is 0.541. The van der Waals surface area contributed by atoms with Crippen LogP contribution in [0.25, 0.3) is 0 Å². The maximum atomic E-state index is 13.3. The number of hydrogen-bond acceptors (Lipinski definition) is 4. The third-order valence-electron chi connectivity index (χ3n) is 4.17. The van der Waals surface area contributed by atoms with Crippen molar-refractivity contribution >= 4 is 17.3 Å². The molecule has 0 spiro atoms. The van der Waals surface area contributed by atoms with Crippen LogP contribution in [0.5, 0.6) is 0 Å². The molecule has 0 aliphatic carbocycles. The van der Waals surface area contributed by atoms with Gasteiger partial charge in [0, 0.05) is 24.4 Å². The fraction of sp³-hybridized carbons (Fsp3) is 0.100. The molecule has 142 valence electrons. The number of carbonyl (C=O) groups is 1. The molecule has 0 fully saturated rings. The summed E-state index contributed by atoms with van der Waals surface area (Å²) in [5.74, 6) is -0.933. The second-order valence-electron chi connectivity index (χ2n) is 6.22. The summed E-state index contributed by atoms with van der Waals surface area (Å²) in [7, 11) is 0. The van der Waals surface area contributed by atoms with E-state index in [1.165, 1.54) is 53.2 Å². The molecule has 2 aromatic carbocycles. The van der Waals surface area contributed by atoms with Gasteiger partial charge < -0.3 is 9.88 Å². The number of nitro benzene ring substituents is 1. The van der Waals surface area contributed by atoms with E-state index in [0.717, 1.165) is 0 Å². The summed E-state index contributed by atoms with van der Waals surface area (Å²) in [4.78, 5) is 35.0. The van der Waals surface area contributed by atoms with Crippen molar-refractivity contribution in [1.82, 2.24) is 4.57 Å². The summed E-state index contributed by atoms with van der Waals surface area (Å²) < 4.78 is 14.6. The average molecular weight is 381 g/mol. The Morgan fingerprint density at radius 2 is 1.96 bits per heavy atom. The lowest BCUT2D eigenvalue weighted by molar-refractivity contribution is -0.384. The molecule has 1 heterocycles. The lowest BCUT2D eigenvalue weighted by Crippen LogP contribution is -2.22. The van der Waals surface area contributed by atoms with E-state index in [-0.39, 0.29) is 23.4 Å². The van der Waals surface area contributed by atoms with Crippen LogP contribution in [-0.4, -0.2) is 15.4 Å². The predicted octanol–water partition coefficient (Wildman–Crippen LogP) is 3.50. The van der Waals surface area contributed by atoms with Gasteiger partial charge in [-0.2, -0.15) is 0 Å². The van der Waals surface area contributed by atoms with Gasteiger partial charge in [0.05, 0.1) is 22.7 Å². The highest BCUT2D eigenvalue weighted by Gasteiger charge is 2.13. The molecule has 0 saturated carbocycles. The molecule has 0 aliphatic rings. The summed E-state index contributed by atoms with van der Waals surface area (Å²) in [6.07, 6.45) is 1.37. The number of nitro groups is 1. The van der Waals surface area contributed by atoms with E-state index in [0.29, 0.717) is 16.8 Å². The highest BCUT2D eigenvalue weighted by molar-refractivity contribution is 6.04. The van der Waals surface area contributed by atoms with E-state index in [1.807, 2.05) is 0 Å². The number of halogens is 1. The molecule has 0 unspecified atom stereocenters. The minimum Gasteiger partial charge on any atom is -0.321 e. The van der Waals surface area contributed by atoms with Crippen molar-refractivity contribution in [2.24, 2.45) is 0 Å². The van der Waals surface area contributed by atoms with Crippen LogP contribution >= 0.6 is 0 Å². The molecule has 3 aromatic rings. The van der Waals surface area contributed by atoms with Gasteiger partial charge in [0.15, 0.2) is 0 Å². The number of carbonyl (C=O) groups excluding carboxylic acids is 1. The van der Waals surface area contributed by atoms with Crippen molar-refractivity contribution in [2.75, 3.05) is 5.32 Å². The number of aromatic nitrogens is 1. The second kappa shape index (κ2) is 7.83. The van der Waals surface area contributed by atoms with Crippen molar-refractivity contribution in [3.63, 3.8) is 0 Å². The van der Waals surface area contributed by atoms with E-state index in [9.17, 15) is 24.1 Å². The number of nitrogens with zero attached hydrogens (tertiary/aromatic N) is 2. The highest BCUT2D eigenvalue weighted by atomic mass is 19.1. The maximum absolute atomic E-state index is 13.3. The van der Waals surface area contributed by atoms with Crippen LogP contribution in [0.15, 0.2) is 65.6 Å². The van der Waals surface area contributed by atoms with Crippen molar-refractivity contribution in [3.05, 3.63) is 104 Å². The Hall–Kier alpha value is -3.81. The molecule has 28 heavy (non-hydrogen) atoms. The Kier molecular flexibility index (Phi) is 5.30. The summed E-state index contributed by atoms with van der Waals surface area (Å²) in [6, 6.07) is 12.6. The third kappa shape index (κ3) is 4.29. The molecule has 8 heteroatoms. The fourth-order valence-corrected chi connectivity index (χ4v) is 2.67. The van der Waals surface area contributed by atoms with E-state index < -0.39 is 16.6 Å². The molecule has 0 atom stereocenters. The zero-order chi connectivity index (χ0) is 20.3. The maximum Gasteiger partial charge on any atom is 0.271 e. The van der Waals surface area contributed by atoms with Gasteiger partial charge in [-0.3, -0.25) is 19.7 Å². The van der Waals surface area contributed by atoms with Gasteiger partial charge in [-0.1, -0.05) is 18.2 Å². The number of amides is 1. The minimum absolute atomic E-state index is 0.105. The Balaban J connectivity index is 1.86. The Labute approximate surface area is 159 Å². The van der Waals surface area contributed by atoms with Crippen molar-refractivity contribution < 1.29 is 14.1 Å². The molecule has 3 rings (SSSR count). The van der Waals surface area contributed by atoms with E-state index in [4.69, 9.17) is 0 Å². The monoisotopic (exact) mass is 381 g/mol.